The van der Waals surface area contributed by atoms with E-state index >= 15 is 0 Å². The average molecular weight is 305 g/mol. The number of rotatable bonds is 3. The summed E-state index contributed by atoms with van der Waals surface area (Å²) in [6.45, 7) is 1.82. The summed E-state index contributed by atoms with van der Waals surface area (Å²) in [7, 11) is 0. The number of fused-ring (bicyclic) bond motifs is 1. The Bertz CT molecular complexity index is 604. The predicted octanol–water partition coefficient (Wildman–Crippen LogP) is 2.48. The van der Waals surface area contributed by atoms with Crippen LogP contribution in [0.3, 0.4) is 0 Å². The van der Waals surface area contributed by atoms with Crippen molar-refractivity contribution in [3.05, 3.63) is 33.6 Å². The molecule has 0 saturated carbocycles. The molecular weight excluding hydrogens is 286 g/mol. The van der Waals surface area contributed by atoms with E-state index in [1.54, 1.807) is 0 Å². The molecule has 2 aromatic heterocycles. The number of hydrogen-bond acceptors (Lipinski definition) is 6. The lowest BCUT2D eigenvalue weighted by atomic mass is 10.0. The van der Waals surface area contributed by atoms with E-state index in [2.05, 4.69) is 26.9 Å². The number of aromatic nitrogens is 2. The summed E-state index contributed by atoms with van der Waals surface area (Å²) in [5.74, 6) is 1.45. The molecule has 4 heterocycles. The van der Waals surface area contributed by atoms with Crippen LogP contribution in [0.5, 0.6) is 0 Å². The number of hydrogen-bond donors (Lipinski definition) is 1. The SMILES string of the molecule is c1cc2c(s1)CCNC2c1nc(CC2CCCCO2)no1. The highest BCUT2D eigenvalue weighted by Crippen LogP contribution is 2.31. The van der Waals surface area contributed by atoms with E-state index in [9.17, 15) is 0 Å². The first kappa shape index (κ1) is 13.4. The molecule has 0 aromatic carbocycles. The zero-order chi connectivity index (χ0) is 14.1. The first-order valence-electron chi connectivity index (χ1n) is 7.64. The third-order valence-electron chi connectivity index (χ3n) is 4.21. The maximum atomic E-state index is 5.74. The topological polar surface area (TPSA) is 60.2 Å². The van der Waals surface area contributed by atoms with Crippen LogP contribution in [0.15, 0.2) is 16.0 Å². The molecule has 2 aliphatic heterocycles. The Balaban J connectivity index is 1.50. The minimum Gasteiger partial charge on any atom is -0.378 e. The molecule has 6 heteroatoms. The van der Waals surface area contributed by atoms with Crippen LogP contribution >= 0.6 is 11.3 Å². The van der Waals surface area contributed by atoms with Gasteiger partial charge in [0, 0.05) is 24.4 Å². The Labute approximate surface area is 127 Å². The van der Waals surface area contributed by atoms with Crippen LogP contribution < -0.4 is 5.32 Å². The van der Waals surface area contributed by atoms with Crippen LogP contribution in [0.2, 0.25) is 0 Å². The van der Waals surface area contributed by atoms with Crippen molar-refractivity contribution in [1.82, 2.24) is 15.5 Å². The Hall–Kier alpha value is -1.24. The van der Waals surface area contributed by atoms with Gasteiger partial charge in [-0.25, -0.2) is 0 Å². The maximum absolute atomic E-state index is 5.74. The molecule has 2 aromatic rings. The summed E-state index contributed by atoms with van der Waals surface area (Å²) >= 11 is 1.81. The second-order valence-corrected chi connectivity index (χ2v) is 6.68. The van der Waals surface area contributed by atoms with Crippen molar-refractivity contribution in [2.45, 2.75) is 44.2 Å². The summed E-state index contributed by atoms with van der Waals surface area (Å²) in [6, 6.07) is 2.21. The normalized spacial score (nSPS) is 25.7. The molecule has 21 heavy (non-hydrogen) atoms. The monoisotopic (exact) mass is 305 g/mol. The smallest absolute Gasteiger partial charge is 0.248 e. The molecule has 0 aliphatic carbocycles. The minimum atomic E-state index is 0.0496. The Morgan fingerprint density at radius 1 is 1.38 bits per heavy atom. The summed E-state index contributed by atoms with van der Waals surface area (Å²) in [6.07, 6.45) is 5.59. The third-order valence-corrected chi connectivity index (χ3v) is 5.20. The molecular formula is C15H19N3O2S. The molecule has 0 radical (unpaired) electrons. The van der Waals surface area contributed by atoms with Gasteiger partial charge in [0.25, 0.3) is 0 Å². The average Bonchev–Trinajstić information content (AvgIpc) is 3.16. The van der Waals surface area contributed by atoms with Crippen LogP contribution in [0.4, 0.5) is 0 Å². The number of thiophene rings is 1. The molecule has 0 amide bonds. The lowest BCUT2D eigenvalue weighted by Crippen LogP contribution is -2.29. The van der Waals surface area contributed by atoms with Gasteiger partial charge >= 0.3 is 0 Å². The molecule has 1 fully saturated rings. The highest BCUT2D eigenvalue weighted by atomic mass is 32.1. The van der Waals surface area contributed by atoms with Crippen molar-refractivity contribution >= 4 is 11.3 Å². The van der Waals surface area contributed by atoms with E-state index in [1.807, 2.05) is 11.3 Å². The van der Waals surface area contributed by atoms with Gasteiger partial charge in [-0.05, 0) is 42.7 Å². The highest BCUT2D eigenvalue weighted by Gasteiger charge is 2.27. The van der Waals surface area contributed by atoms with Gasteiger partial charge in [0.1, 0.15) is 6.04 Å². The molecule has 4 rings (SSSR count). The van der Waals surface area contributed by atoms with Crippen LogP contribution in [0.25, 0.3) is 0 Å². The number of nitrogens with zero attached hydrogens (tertiary/aromatic N) is 2. The van der Waals surface area contributed by atoms with Crippen molar-refractivity contribution in [3.63, 3.8) is 0 Å². The minimum absolute atomic E-state index is 0.0496. The Morgan fingerprint density at radius 2 is 2.38 bits per heavy atom. The first-order chi connectivity index (χ1) is 10.4. The van der Waals surface area contributed by atoms with Gasteiger partial charge in [-0.1, -0.05) is 5.16 Å². The van der Waals surface area contributed by atoms with Gasteiger partial charge in [0.05, 0.1) is 6.10 Å². The van der Waals surface area contributed by atoms with Crippen molar-refractivity contribution < 1.29 is 9.26 Å². The van der Waals surface area contributed by atoms with Gasteiger partial charge in [0.15, 0.2) is 5.82 Å². The lowest BCUT2D eigenvalue weighted by Gasteiger charge is -2.21. The first-order valence-corrected chi connectivity index (χ1v) is 8.52. The molecule has 0 bridgehead atoms. The van der Waals surface area contributed by atoms with Gasteiger partial charge in [0.2, 0.25) is 5.89 Å². The second kappa shape index (κ2) is 5.87. The quantitative estimate of drug-likeness (QED) is 0.944. The van der Waals surface area contributed by atoms with Gasteiger partial charge < -0.3 is 14.6 Å². The summed E-state index contributed by atoms with van der Waals surface area (Å²) in [5, 5.41) is 9.75. The highest BCUT2D eigenvalue weighted by molar-refractivity contribution is 7.10. The third kappa shape index (κ3) is 2.75. The van der Waals surface area contributed by atoms with Crippen molar-refractivity contribution in [3.8, 4) is 0 Å². The van der Waals surface area contributed by atoms with Crippen LogP contribution in [0.1, 0.15) is 47.5 Å². The molecule has 2 aliphatic rings. The maximum Gasteiger partial charge on any atom is 0.248 e. The molecule has 1 saturated heterocycles. The van der Waals surface area contributed by atoms with Crippen molar-refractivity contribution in [2.24, 2.45) is 0 Å². The standard InChI is InChI=1S/C15H19N3O2S/c1-2-7-19-10(3-1)9-13-17-15(20-18-13)14-11-5-8-21-12(11)4-6-16-14/h5,8,10,14,16H,1-4,6-7,9H2. The molecule has 0 spiro atoms. The molecule has 2 atom stereocenters. The lowest BCUT2D eigenvalue weighted by molar-refractivity contribution is 0.0153. The van der Waals surface area contributed by atoms with E-state index in [4.69, 9.17) is 9.26 Å². The fraction of sp³-hybridized carbons (Fsp3) is 0.600. The van der Waals surface area contributed by atoms with E-state index in [0.29, 0.717) is 5.89 Å². The van der Waals surface area contributed by atoms with Crippen LogP contribution in [-0.2, 0) is 17.6 Å². The zero-order valence-corrected chi connectivity index (χ0v) is 12.7. The largest absolute Gasteiger partial charge is 0.378 e. The Kier molecular flexibility index (Phi) is 3.75. The number of nitrogens with one attached hydrogen (secondary N) is 1. The molecule has 5 nitrogen and oxygen atoms in total. The summed E-state index contributed by atoms with van der Waals surface area (Å²) < 4.78 is 11.2. The van der Waals surface area contributed by atoms with Crippen LogP contribution in [-0.4, -0.2) is 29.4 Å². The predicted molar refractivity (Wildman–Crippen MR) is 79.5 cm³/mol. The van der Waals surface area contributed by atoms with E-state index in [0.717, 1.165) is 38.2 Å². The summed E-state index contributed by atoms with van der Waals surface area (Å²) in [4.78, 5) is 6.02. The van der Waals surface area contributed by atoms with E-state index in [1.165, 1.54) is 23.3 Å². The zero-order valence-electron chi connectivity index (χ0n) is 11.9. The van der Waals surface area contributed by atoms with E-state index in [-0.39, 0.29) is 12.1 Å². The van der Waals surface area contributed by atoms with E-state index < -0.39 is 0 Å². The van der Waals surface area contributed by atoms with Crippen LogP contribution in [0, 0.1) is 0 Å². The molecule has 1 N–H and O–H groups in total. The van der Waals surface area contributed by atoms with Gasteiger partial charge in [-0.2, -0.15) is 4.98 Å². The fourth-order valence-corrected chi connectivity index (χ4v) is 4.03. The second-order valence-electron chi connectivity index (χ2n) is 5.68. The van der Waals surface area contributed by atoms with Gasteiger partial charge in [-0.3, -0.25) is 0 Å². The molecule has 2 unspecified atom stereocenters. The number of ether oxygens (including phenoxy) is 1. The van der Waals surface area contributed by atoms with Crippen molar-refractivity contribution in [1.29, 1.82) is 0 Å². The van der Waals surface area contributed by atoms with Gasteiger partial charge in [-0.15, -0.1) is 11.3 Å². The summed E-state index contributed by atoms with van der Waals surface area (Å²) in [5.41, 5.74) is 1.29. The van der Waals surface area contributed by atoms with Crippen molar-refractivity contribution in [2.75, 3.05) is 13.2 Å². The molecule has 112 valence electrons. The fourth-order valence-electron chi connectivity index (χ4n) is 3.11. The Morgan fingerprint density at radius 3 is 3.29 bits per heavy atom.